The lowest BCUT2D eigenvalue weighted by molar-refractivity contribution is 0.251. The number of urea groups is 1. The monoisotopic (exact) mass is 240 g/mol. The zero-order valence-corrected chi connectivity index (χ0v) is 10.6. The normalized spacial score (nSPS) is 10.3. The molecule has 0 saturated carbocycles. The molecule has 2 amide bonds. The van der Waals surface area contributed by atoms with Crippen LogP contribution in [0.25, 0.3) is 0 Å². The van der Waals surface area contributed by atoms with E-state index in [0.717, 1.165) is 5.56 Å². The Kier molecular flexibility index (Phi) is 4.62. The van der Waals surface area contributed by atoms with E-state index >= 15 is 0 Å². The van der Waals surface area contributed by atoms with Gasteiger partial charge in [0.1, 0.15) is 0 Å². The summed E-state index contributed by atoms with van der Waals surface area (Å²) in [4.78, 5) is 11.5. The predicted molar refractivity (Wildman–Crippen MR) is 68.0 cm³/mol. The molecule has 1 aromatic rings. The Morgan fingerprint density at radius 3 is 2.69 bits per heavy atom. The van der Waals surface area contributed by atoms with E-state index in [1.165, 1.54) is 0 Å². The number of benzene rings is 1. The van der Waals surface area contributed by atoms with Gasteiger partial charge >= 0.3 is 6.03 Å². The molecule has 1 aromatic carbocycles. The number of nitrogens with one attached hydrogen (secondary N) is 2. The van der Waals surface area contributed by atoms with Crippen LogP contribution in [0.4, 0.5) is 10.5 Å². The first-order chi connectivity index (χ1) is 7.50. The van der Waals surface area contributed by atoms with E-state index in [2.05, 4.69) is 10.6 Å². The number of hydrogen-bond donors (Lipinski definition) is 2. The van der Waals surface area contributed by atoms with Gasteiger partial charge in [-0.15, -0.1) is 0 Å². The molecule has 0 saturated heterocycles. The van der Waals surface area contributed by atoms with Crippen LogP contribution < -0.4 is 10.6 Å². The Morgan fingerprint density at radius 2 is 2.12 bits per heavy atom. The minimum Gasteiger partial charge on any atom is -0.338 e. The van der Waals surface area contributed by atoms with Crippen molar-refractivity contribution in [1.82, 2.24) is 5.32 Å². The second-order valence-electron chi connectivity index (χ2n) is 4.16. The van der Waals surface area contributed by atoms with Gasteiger partial charge in [0.2, 0.25) is 0 Å². The van der Waals surface area contributed by atoms with E-state index in [-0.39, 0.29) is 6.03 Å². The highest BCUT2D eigenvalue weighted by molar-refractivity contribution is 6.33. The van der Waals surface area contributed by atoms with Crippen molar-refractivity contribution in [3.63, 3.8) is 0 Å². The first kappa shape index (κ1) is 12.8. The molecule has 0 fully saturated rings. The molecule has 0 unspecified atom stereocenters. The van der Waals surface area contributed by atoms with Crippen molar-refractivity contribution in [1.29, 1.82) is 0 Å². The van der Waals surface area contributed by atoms with Crippen LogP contribution in [-0.2, 0) is 0 Å². The second kappa shape index (κ2) is 5.75. The lowest BCUT2D eigenvalue weighted by Crippen LogP contribution is -2.31. The van der Waals surface area contributed by atoms with Gasteiger partial charge in [0.25, 0.3) is 0 Å². The number of carbonyl (C=O) groups excluding carboxylic acids is 1. The van der Waals surface area contributed by atoms with Gasteiger partial charge in [-0.3, -0.25) is 0 Å². The van der Waals surface area contributed by atoms with Crippen molar-refractivity contribution in [2.24, 2.45) is 5.92 Å². The summed E-state index contributed by atoms with van der Waals surface area (Å²) in [6, 6.07) is 5.30. The number of halogens is 1. The molecule has 0 aliphatic heterocycles. The molecule has 0 atom stereocenters. The molecule has 0 spiro atoms. The number of carbonyl (C=O) groups is 1. The van der Waals surface area contributed by atoms with Crippen LogP contribution in [0, 0.1) is 12.8 Å². The maximum atomic E-state index is 11.5. The van der Waals surface area contributed by atoms with Gasteiger partial charge in [-0.1, -0.05) is 37.6 Å². The molecule has 16 heavy (non-hydrogen) atoms. The molecule has 0 aliphatic carbocycles. The fourth-order valence-corrected chi connectivity index (χ4v) is 1.51. The van der Waals surface area contributed by atoms with E-state index in [9.17, 15) is 4.79 Å². The molecule has 0 radical (unpaired) electrons. The highest BCUT2D eigenvalue weighted by Gasteiger charge is 2.07. The van der Waals surface area contributed by atoms with Crippen molar-refractivity contribution in [3.05, 3.63) is 28.8 Å². The Morgan fingerprint density at radius 1 is 1.44 bits per heavy atom. The van der Waals surface area contributed by atoms with Gasteiger partial charge in [-0.2, -0.15) is 0 Å². The predicted octanol–water partition coefficient (Wildman–Crippen LogP) is 3.43. The summed E-state index contributed by atoms with van der Waals surface area (Å²) in [6.45, 7) is 6.64. The van der Waals surface area contributed by atoms with Crippen LogP contribution in [0.2, 0.25) is 5.02 Å². The fourth-order valence-electron chi connectivity index (χ4n) is 1.24. The van der Waals surface area contributed by atoms with Crippen LogP contribution >= 0.6 is 11.6 Å². The number of anilines is 1. The largest absolute Gasteiger partial charge is 0.338 e. The van der Waals surface area contributed by atoms with Crippen LogP contribution in [0.3, 0.4) is 0 Å². The van der Waals surface area contributed by atoms with Crippen molar-refractivity contribution >= 4 is 23.3 Å². The van der Waals surface area contributed by atoms with Gasteiger partial charge in [-0.05, 0) is 24.5 Å². The molecular weight excluding hydrogens is 224 g/mol. The minimum absolute atomic E-state index is 0.218. The van der Waals surface area contributed by atoms with Gasteiger partial charge in [0, 0.05) is 6.54 Å². The number of para-hydroxylation sites is 1. The third-order valence-electron chi connectivity index (χ3n) is 2.13. The van der Waals surface area contributed by atoms with Crippen molar-refractivity contribution < 1.29 is 4.79 Å². The summed E-state index contributed by atoms with van der Waals surface area (Å²) in [5, 5.41) is 6.08. The summed E-state index contributed by atoms with van der Waals surface area (Å²) in [5.74, 6) is 0.429. The van der Waals surface area contributed by atoms with Crippen LogP contribution in [0.5, 0.6) is 0 Å². The molecule has 2 N–H and O–H groups in total. The highest BCUT2D eigenvalue weighted by atomic mass is 35.5. The Labute approximate surface area is 101 Å². The van der Waals surface area contributed by atoms with Gasteiger partial charge in [0.05, 0.1) is 10.7 Å². The van der Waals surface area contributed by atoms with Gasteiger partial charge in [-0.25, -0.2) is 4.79 Å². The Bertz CT molecular complexity index is 357. The minimum atomic E-state index is -0.218. The Balaban J connectivity index is 2.63. The number of aryl methyl sites for hydroxylation is 1. The van der Waals surface area contributed by atoms with Crippen LogP contribution in [0.1, 0.15) is 19.4 Å². The number of amides is 2. The summed E-state index contributed by atoms with van der Waals surface area (Å²) in [7, 11) is 0. The lowest BCUT2D eigenvalue weighted by atomic mass is 10.2. The number of hydrogen-bond acceptors (Lipinski definition) is 1. The maximum Gasteiger partial charge on any atom is 0.319 e. The highest BCUT2D eigenvalue weighted by Crippen LogP contribution is 2.24. The summed E-state index contributed by atoms with van der Waals surface area (Å²) >= 11 is 5.99. The van der Waals surface area contributed by atoms with Gasteiger partial charge < -0.3 is 10.6 Å². The van der Waals surface area contributed by atoms with E-state index in [4.69, 9.17) is 11.6 Å². The van der Waals surface area contributed by atoms with E-state index in [1.807, 2.05) is 32.9 Å². The average molecular weight is 241 g/mol. The second-order valence-corrected chi connectivity index (χ2v) is 4.57. The quantitative estimate of drug-likeness (QED) is 0.835. The van der Waals surface area contributed by atoms with E-state index in [0.29, 0.717) is 23.2 Å². The van der Waals surface area contributed by atoms with E-state index < -0.39 is 0 Å². The molecular formula is C12H17ClN2O. The Hall–Kier alpha value is -1.22. The summed E-state index contributed by atoms with van der Waals surface area (Å²) in [6.07, 6.45) is 0. The van der Waals surface area contributed by atoms with Crippen LogP contribution in [-0.4, -0.2) is 12.6 Å². The standard InChI is InChI=1S/C12H17ClN2O/c1-8(2)7-14-12(16)15-11-9(3)5-4-6-10(11)13/h4-6,8H,7H2,1-3H3,(H2,14,15,16). The zero-order chi connectivity index (χ0) is 12.1. The third-order valence-corrected chi connectivity index (χ3v) is 2.45. The maximum absolute atomic E-state index is 11.5. The van der Waals surface area contributed by atoms with Crippen molar-refractivity contribution in [3.8, 4) is 0 Å². The smallest absolute Gasteiger partial charge is 0.319 e. The molecule has 0 aliphatic rings. The molecule has 0 bridgehead atoms. The van der Waals surface area contributed by atoms with Crippen molar-refractivity contribution in [2.75, 3.05) is 11.9 Å². The first-order valence-electron chi connectivity index (χ1n) is 5.30. The number of rotatable bonds is 3. The molecule has 4 heteroatoms. The summed E-state index contributed by atoms with van der Waals surface area (Å²) in [5.41, 5.74) is 1.62. The average Bonchev–Trinajstić information content (AvgIpc) is 2.21. The van der Waals surface area contributed by atoms with Crippen molar-refractivity contribution in [2.45, 2.75) is 20.8 Å². The van der Waals surface area contributed by atoms with Crippen LogP contribution in [0.15, 0.2) is 18.2 Å². The van der Waals surface area contributed by atoms with Gasteiger partial charge in [0.15, 0.2) is 0 Å². The zero-order valence-electron chi connectivity index (χ0n) is 9.80. The molecule has 88 valence electrons. The molecule has 3 nitrogen and oxygen atoms in total. The van der Waals surface area contributed by atoms with E-state index in [1.54, 1.807) is 6.07 Å². The lowest BCUT2D eigenvalue weighted by Gasteiger charge is -2.12. The SMILES string of the molecule is Cc1cccc(Cl)c1NC(=O)NCC(C)C. The fraction of sp³-hybridized carbons (Fsp3) is 0.417. The molecule has 1 rings (SSSR count). The molecule has 0 heterocycles. The third kappa shape index (κ3) is 3.74. The molecule has 0 aromatic heterocycles. The topological polar surface area (TPSA) is 41.1 Å². The summed E-state index contributed by atoms with van der Waals surface area (Å²) < 4.78 is 0. The first-order valence-corrected chi connectivity index (χ1v) is 5.68.